The van der Waals surface area contributed by atoms with Crippen LogP contribution in [-0.4, -0.2) is 40.7 Å². The summed E-state index contributed by atoms with van der Waals surface area (Å²) in [7, 11) is 0. The third-order valence-electron chi connectivity index (χ3n) is 4.21. The Morgan fingerprint density at radius 2 is 2.00 bits per heavy atom. The number of nitrogens with zero attached hydrogens (tertiary/aromatic N) is 3. The molecule has 1 fully saturated rings. The molecule has 23 heavy (non-hydrogen) atoms. The van der Waals surface area contributed by atoms with Crippen molar-refractivity contribution in [2.45, 2.75) is 32.6 Å². The van der Waals surface area contributed by atoms with Crippen LogP contribution in [0.4, 0.5) is 4.79 Å². The van der Waals surface area contributed by atoms with Gasteiger partial charge in [-0.15, -0.1) is 0 Å². The maximum absolute atomic E-state index is 11.8. The van der Waals surface area contributed by atoms with Gasteiger partial charge in [-0.05, 0) is 26.7 Å². The molecule has 1 saturated heterocycles. The van der Waals surface area contributed by atoms with Crippen LogP contribution in [0.5, 0.6) is 0 Å². The third-order valence-corrected chi connectivity index (χ3v) is 4.21. The molecule has 0 radical (unpaired) electrons. The van der Waals surface area contributed by atoms with E-state index in [1.165, 1.54) is 5.56 Å². The number of carbonyl (C=O) groups excluding carboxylic acids is 1. The second-order valence-corrected chi connectivity index (χ2v) is 5.92. The summed E-state index contributed by atoms with van der Waals surface area (Å²) < 4.78 is 5.45. The number of likely N-dealkylation sites (tertiary alicyclic amines) is 1. The molecule has 0 saturated carbocycles. The lowest BCUT2D eigenvalue weighted by molar-refractivity contribution is 0.176. The van der Waals surface area contributed by atoms with Gasteiger partial charge >= 0.3 is 6.03 Å². The molecule has 1 aliphatic heterocycles. The SMILES string of the molecule is CCNC(=O)N1CCC(c2nc(-c3ccc(C)cc3)no2)CC1. The Balaban J connectivity index is 1.63. The van der Waals surface area contributed by atoms with E-state index in [1.54, 1.807) is 0 Å². The Bertz CT molecular complexity index is 657. The van der Waals surface area contributed by atoms with Crippen molar-refractivity contribution in [3.05, 3.63) is 35.7 Å². The van der Waals surface area contributed by atoms with E-state index >= 15 is 0 Å². The maximum Gasteiger partial charge on any atom is 0.317 e. The molecule has 0 atom stereocenters. The molecule has 6 heteroatoms. The molecule has 1 N–H and O–H groups in total. The summed E-state index contributed by atoms with van der Waals surface area (Å²) in [6.07, 6.45) is 1.71. The van der Waals surface area contributed by atoms with E-state index in [-0.39, 0.29) is 11.9 Å². The van der Waals surface area contributed by atoms with Gasteiger partial charge in [-0.2, -0.15) is 4.98 Å². The van der Waals surface area contributed by atoms with Crippen molar-refractivity contribution in [2.75, 3.05) is 19.6 Å². The van der Waals surface area contributed by atoms with Gasteiger partial charge in [0.15, 0.2) is 0 Å². The van der Waals surface area contributed by atoms with Gasteiger partial charge < -0.3 is 14.7 Å². The second kappa shape index (κ2) is 6.81. The predicted octanol–water partition coefficient (Wildman–Crippen LogP) is 2.95. The summed E-state index contributed by atoms with van der Waals surface area (Å²) in [6, 6.07) is 8.09. The van der Waals surface area contributed by atoms with E-state index in [9.17, 15) is 4.79 Å². The van der Waals surface area contributed by atoms with Gasteiger partial charge in [-0.1, -0.05) is 35.0 Å². The number of benzene rings is 1. The lowest BCUT2D eigenvalue weighted by Crippen LogP contribution is -2.44. The topological polar surface area (TPSA) is 71.3 Å². The fraction of sp³-hybridized carbons (Fsp3) is 0.471. The Labute approximate surface area is 135 Å². The average Bonchev–Trinajstić information content (AvgIpc) is 3.06. The summed E-state index contributed by atoms with van der Waals surface area (Å²) in [4.78, 5) is 18.2. The van der Waals surface area contributed by atoms with E-state index < -0.39 is 0 Å². The summed E-state index contributed by atoms with van der Waals surface area (Å²) in [5, 5.41) is 6.93. The molecule has 1 aromatic heterocycles. The number of hydrogen-bond donors (Lipinski definition) is 1. The fourth-order valence-corrected chi connectivity index (χ4v) is 2.81. The quantitative estimate of drug-likeness (QED) is 0.945. The molecule has 0 aliphatic carbocycles. The molecule has 1 aromatic carbocycles. The molecular weight excluding hydrogens is 292 g/mol. The minimum absolute atomic E-state index is 0.0109. The predicted molar refractivity (Wildman–Crippen MR) is 87.1 cm³/mol. The van der Waals surface area contributed by atoms with Crippen molar-refractivity contribution in [3.8, 4) is 11.4 Å². The zero-order chi connectivity index (χ0) is 16.2. The highest BCUT2D eigenvalue weighted by atomic mass is 16.5. The van der Waals surface area contributed by atoms with Crippen molar-refractivity contribution in [1.82, 2.24) is 20.4 Å². The first-order valence-electron chi connectivity index (χ1n) is 8.10. The number of rotatable bonds is 3. The van der Waals surface area contributed by atoms with Crippen molar-refractivity contribution < 1.29 is 9.32 Å². The summed E-state index contributed by atoms with van der Waals surface area (Å²) >= 11 is 0. The molecule has 2 heterocycles. The van der Waals surface area contributed by atoms with E-state index in [2.05, 4.69) is 15.5 Å². The zero-order valence-electron chi connectivity index (χ0n) is 13.6. The van der Waals surface area contributed by atoms with Crippen molar-refractivity contribution in [3.63, 3.8) is 0 Å². The molecule has 1 aliphatic rings. The molecule has 2 aromatic rings. The smallest absolute Gasteiger partial charge is 0.317 e. The van der Waals surface area contributed by atoms with Gasteiger partial charge in [0, 0.05) is 31.1 Å². The van der Waals surface area contributed by atoms with Crippen molar-refractivity contribution >= 4 is 6.03 Å². The standard InChI is InChI=1S/C17H22N4O2/c1-3-18-17(22)21-10-8-14(9-11-21)16-19-15(20-23-16)13-6-4-12(2)5-7-13/h4-7,14H,3,8-11H2,1-2H3,(H,18,22). The van der Waals surface area contributed by atoms with E-state index in [1.807, 2.05) is 43.0 Å². The molecule has 0 spiro atoms. The number of piperidine rings is 1. The molecule has 3 rings (SSSR count). The largest absolute Gasteiger partial charge is 0.339 e. The van der Waals surface area contributed by atoms with Gasteiger partial charge in [-0.25, -0.2) is 4.79 Å². The lowest BCUT2D eigenvalue weighted by atomic mass is 9.97. The normalized spacial score (nSPS) is 15.7. The zero-order valence-corrected chi connectivity index (χ0v) is 13.6. The molecule has 6 nitrogen and oxygen atoms in total. The van der Waals surface area contributed by atoms with E-state index in [4.69, 9.17) is 4.52 Å². The summed E-state index contributed by atoms with van der Waals surface area (Å²) in [5.74, 6) is 1.54. The van der Waals surface area contributed by atoms with Gasteiger partial charge in [-0.3, -0.25) is 0 Å². The van der Waals surface area contributed by atoms with Gasteiger partial charge in [0.25, 0.3) is 0 Å². The van der Waals surface area contributed by atoms with Gasteiger partial charge in [0.05, 0.1) is 0 Å². The Morgan fingerprint density at radius 1 is 1.30 bits per heavy atom. The van der Waals surface area contributed by atoms with Crippen molar-refractivity contribution in [2.24, 2.45) is 0 Å². The molecule has 2 amide bonds. The number of urea groups is 1. The third kappa shape index (κ3) is 3.52. The number of hydrogen-bond acceptors (Lipinski definition) is 4. The van der Waals surface area contributed by atoms with Gasteiger partial charge in [0.1, 0.15) is 0 Å². The fourth-order valence-electron chi connectivity index (χ4n) is 2.81. The maximum atomic E-state index is 11.8. The number of aryl methyl sites for hydroxylation is 1. The van der Waals surface area contributed by atoms with Crippen LogP contribution < -0.4 is 5.32 Å². The first kappa shape index (κ1) is 15.5. The summed E-state index contributed by atoms with van der Waals surface area (Å²) in [6.45, 7) is 6.07. The van der Waals surface area contributed by atoms with Crippen LogP contribution in [0.25, 0.3) is 11.4 Å². The number of carbonyl (C=O) groups is 1. The number of aromatic nitrogens is 2. The van der Waals surface area contributed by atoms with Crippen LogP contribution in [0.3, 0.4) is 0 Å². The first-order valence-corrected chi connectivity index (χ1v) is 8.10. The number of amides is 2. The minimum Gasteiger partial charge on any atom is -0.339 e. The number of nitrogens with one attached hydrogen (secondary N) is 1. The molecule has 122 valence electrons. The highest BCUT2D eigenvalue weighted by Crippen LogP contribution is 2.28. The molecule has 0 bridgehead atoms. The highest BCUT2D eigenvalue weighted by molar-refractivity contribution is 5.74. The van der Waals surface area contributed by atoms with Crippen LogP contribution in [0.15, 0.2) is 28.8 Å². The Morgan fingerprint density at radius 3 is 2.65 bits per heavy atom. The molecular formula is C17H22N4O2. The van der Waals surface area contributed by atoms with Crippen LogP contribution >= 0.6 is 0 Å². The van der Waals surface area contributed by atoms with Crippen LogP contribution in [0.2, 0.25) is 0 Å². The minimum atomic E-state index is 0.0109. The van der Waals surface area contributed by atoms with E-state index in [0.29, 0.717) is 18.3 Å². The first-order chi connectivity index (χ1) is 11.2. The van der Waals surface area contributed by atoms with Crippen LogP contribution in [0.1, 0.15) is 37.1 Å². The summed E-state index contributed by atoms with van der Waals surface area (Å²) in [5.41, 5.74) is 2.17. The highest BCUT2D eigenvalue weighted by Gasteiger charge is 2.27. The second-order valence-electron chi connectivity index (χ2n) is 5.92. The molecule has 0 unspecified atom stereocenters. The Kier molecular flexibility index (Phi) is 4.60. The van der Waals surface area contributed by atoms with Crippen molar-refractivity contribution in [1.29, 1.82) is 0 Å². The van der Waals surface area contributed by atoms with E-state index in [0.717, 1.165) is 31.5 Å². The average molecular weight is 314 g/mol. The van der Waals surface area contributed by atoms with Gasteiger partial charge in [0.2, 0.25) is 11.7 Å². The lowest BCUT2D eigenvalue weighted by Gasteiger charge is -2.30. The van der Waals surface area contributed by atoms with Crippen LogP contribution in [0, 0.1) is 6.92 Å². The Hall–Kier alpha value is -2.37. The monoisotopic (exact) mass is 314 g/mol. The van der Waals surface area contributed by atoms with Crippen LogP contribution in [-0.2, 0) is 0 Å².